The van der Waals surface area contributed by atoms with Gasteiger partial charge in [0.15, 0.2) is 0 Å². The number of pyridine rings is 1. The maximum absolute atomic E-state index is 13.4. The fraction of sp³-hybridized carbons (Fsp3) is 0.348. The van der Waals surface area contributed by atoms with Crippen molar-refractivity contribution in [3.63, 3.8) is 0 Å². The number of carbonyl (C=O) groups is 1. The molecule has 2 N–H and O–H groups in total. The van der Waals surface area contributed by atoms with Gasteiger partial charge in [-0.3, -0.25) is 15.1 Å². The minimum atomic E-state index is -4.49. The summed E-state index contributed by atoms with van der Waals surface area (Å²) in [6.07, 6.45) is -2.39. The van der Waals surface area contributed by atoms with Crippen LogP contribution in [0.3, 0.4) is 0 Å². The number of aromatic nitrogens is 2. The molecule has 3 aromatic rings. The molecule has 0 saturated heterocycles. The van der Waals surface area contributed by atoms with Crippen molar-refractivity contribution in [1.29, 1.82) is 0 Å². The molecule has 33 heavy (non-hydrogen) atoms. The van der Waals surface area contributed by atoms with Crippen LogP contribution < -0.4 is 10.6 Å². The highest BCUT2D eigenvalue weighted by molar-refractivity contribution is 7.11. The number of benzene rings is 1. The lowest BCUT2D eigenvalue weighted by atomic mass is 10.0. The molecule has 0 aliphatic carbocycles. The first-order valence-electron chi connectivity index (χ1n) is 10.3. The van der Waals surface area contributed by atoms with Gasteiger partial charge in [-0.2, -0.15) is 13.2 Å². The minimum Gasteiger partial charge on any atom is -0.358 e. The highest BCUT2D eigenvalue weighted by Crippen LogP contribution is 2.30. The third kappa shape index (κ3) is 6.35. The molecule has 3 rings (SSSR count). The van der Waals surface area contributed by atoms with Gasteiger partial charge in [0.2, 0.25) is 5.91 Å². The Morgan fingerprint density at radius 2 is 1.82 bits per heavy atom. The molecule has 1 aromatic carbocycles. The molecule has 0 bridgehead atoms. The highest BCUT2D eigenvalue weighted by Gasteiger charge is 2.32. The molecular weight excluding hydrogens is 456 g/mol. The van der Waals surface area contributed by atoms with E-state index in [1.54, 1.807) is 0 Å². The van der Waals surface area contributed by atoms with Gasteiger partial charge in [0.25, 0.3) is 0 Å². The number of nitrogens with zero attached hydrogens (tertiary/aromatic N) is 2. The lowest BCUT2D eigenvalue weighted by molar-refractivity contribution is -0.141. The molecule has 176 valence electrons. The van der Waals surface area contributed by atoms with Gasteiger partial charge in [-0.25, -0.2) is 9.37 Å². The molecule has 2 atom stereocenters. The zero-order valence-corrected chi connectivity index (χ0v) is 19.1. The number of aryl methyl sites for hydroxylation is 3. The van der Waals surface area contributed by atoms with Crippen molar-refractivity contribution >= 4 is 17.2 Å². The van der Waals surface area contributed by atoms with Gasteiger partial charge in [0.05, 0.1) is 11.7 Å². The Hall–Kier alpha value is -2.85. The summed E-state index contributed by atoms with van der Waals surface area (Å²) in [6.45, 7) is 3.84. The normalized spacial score (nSPS) is 13.5. The third-order valence-electron chi connectivity index (χ3n) is 5.26. The predicted octanol–water partition coefficient (Wildman–Crippen LogP) is 5.06. The molecule has 0 aliphatic heterocycles. The fourth-order valence-corrected chi connectivity index (χ4v) is 4.32. The van der Waals surface area contributed by atoms with Gasteiger partial charge in [-0.05, 0) is 56.0 Å². The Morgan fingerprint density at radius 3 is 2.33 bits per heavy atom. The van der Waals surface area contributed by atoms with E-state index in [4.69, 9.17) is 0 Å². The first-order valence-corrected chi connectivity index (χ1v) is 11.1. The first kappa shape index (κ1) is 24.8. The van der Waals surface area contributed by atoms with Gasteiger partial charge in [-0.1, -0.05) is 18.2 Å². The molecule has 5 nitrogen and oxygen atoms in total. The molecule has 0 radical (unpaired) electrons. The van der Waals surface area contributed by atoms with E-state index in [0.29, 0.717) is 24.0 Å². The van der Waals surface area contributed by atoms with Crippen molar-refractivity contribution in [1.82, 2.24) is 20.6 Å². The monoisotopic (exact) mass is 480 g/mol. The number of hydrogen-bond acceptors (Lipinski definition) is 5. The van der Waals surface area contributed by atoms with Gasteiger partial charge < -0.3 is 5.32 Å². The van der Waals surface area contributed by atoms with Crippen molar-refractivity contribution < 1.29 is 22.4 Å². The first-order chi connectivity index (χ1) is 15.6. The number of nitrogens with one attached hydrogen (secondary N) is 2. The van der Waals surface area contributed by atoms with Gasteiger partial charge in [-0.15, -0.1) is 11.3 Å². The quantitative estimate of drug-likeness (QED) is 0.442. The standard InChI is InChI=1S/C23H24F4N4OS/c1-13-14(2)33-22(30-13)18(10-4-15-5-11-19(29-12-15)23(25,26)27)31-20(21(32)28-3)16-6-8-17(24)9-7-16/h5-9,11-12,18,20,31H,4,10H2,1-3H3,(H,28,32). The highest BCUT2D eigenvalue weighted by atomic mass is 32.1. The molecule has 0 aliphatic rings. The zero-order valence-electron chi connectivity index (χ0n) is 18.3. The molecule has 0 spiro atoms. The van der Waals surface area contributed by atoms with Crippen LogP contribution in [0.1, 0.15) is 50.9 Å². The minimum absolute atomic E-state index is 0.298. The molecule has 0 fully saturated rings. The van der Waals surface area contributed by atoms with E-state index in [1.807, 2.05) is 13.8 Å². The summed E-state index contributed by atoms with van der Waals surface area (Å²) in [5.74, 6) is -0.709. The number of rotatable bonds is 8. The second kappa shape index (κ2) is 10.4. The Labute approximate surface area is 193 Å². The van der Waals surface area contributed by atoms with Crippen LogP contribution in [-0.2, 0) is 17.4 Å². The van der Waals surface area contributed by atoms with E-state index in [9.17, 15) is 22.4 Å². The topological polar surface area (TPSA) is 66.9 Å². The van der Waals surface area contributed by atoms with Crippen LogP contribution >= 0.6 is 11.3 Å². The second-order valence-electron chi connectivity index (χ2n) is 7.60. The smallest absolute Gasteiger partial charge is 0.358 e. The van der Waals surface area contributed by atoms with Crippen molar-refractivity contribution in [2.45, 2.75) is 44.9 Å². The summed E-state index contributed by atoms with van der Waals surface area (Å²) in [5.41, 5.74) is 1.15. The number of thiazole rings is 1. The van der Waals surface area contributed by atoms with Crippen LogP contribution in [0.4, 0.5) is 17.6 Å². The number of halogens is 4. The third-order valence-corrected chi connectivity index (χ3v) is 6.45. The SMILES string of the molecule is CNC(=O)C(NC(CCc1ccc(C(F)(F)F)nc1)c1nc(C)c(C)s1)c1ccc(F)cc1. The number of amides is 1. The van der Waals surface area contributed by atoms with Crippen LogP contribution in [-0.4, -0.2) is 22.9 Å². The Morgan fingerprint density at radius 1 is 1.12 bits per heavy atom. The Balaban J connectivity index is 1.85. The summed E-state index contributed by atoms with van der Waals surface area (Å²) in [5, 5.41) is 6.70. The van der Waals surface area contributed by atoms with E-state index in [0.717, 1.165) is 21.6 Å². The van der Waals surface area contributed by atoms with Crippen LogP contribution in [0.2, 0.25) is 0 Å². The zero-order chi connectivity index (χ0) is 24.2. The summed E-state index contributed by atoms with van der Waals surface area (Å²) in [7, 11) is 1.51. The summed E-state index contributed by atoms with van der Waals surface area (Å²) >= 11 is 1.49. The van der Waals surface area contributed by atoms with E-state index in [2.05, 4.69) is 20.6 Å². The maximum Gasteiger partial charge on any atom is 0.433 e. The van der Waals surface area contributed by atoms with Crippen molar-refractivity contribution in [3.05, 3.63) is 80.8 Å². The molecular formula is C23H24F4N4OS. The second-order valence-corrected chi connectivity index (χ2v) is 8.83. The number of alkyl halides is 3. The van der Waals surface area contributed by atoms with Crippen molar-refractivity contribution in [2.75, 3.05) is 7.05 Å². The number of carbonyl (C=O) groups excluding carboxylic acids is 1. The average Bonchev–Trinajstić information content (AvgIpc) is 3.12. The van der Waals surface area contributed by atoms with E-state index < -0.39 is 23.7 Å². The van der Waals surface area contributed by atoms with E-state index in [1.165, 1.54) is 54.9 Å². The maximum atomic E-state index is 13.4. The van der Waals surface area contributed by atoms with Crippen LogP contribution in [0.5, 0.6) is 0 Å². The lowest BCUT2D eigenvalue weighted by Gasteiger charge is -2.24. The van der Waals surface area contributed by atoms with E-state index in [-0.39, 0.29) is 11.9 Å². The summed E-state index contributed by atoms with van der Waals surface area (Å²) < 4.78 is 51.8. The average molecular weight is 481 g/mol. The van der Waals surface area contributed by atoms with Crippen LogP contribution in [0.25, 0.3) is 0 Å². The van der Waals surface area contributed by atoms with E-state index >= 15 is 0 Å². The number of likely N-dealkylation sites (N-methyl/N-ethyl adjacent to an activating group) is 1. The van der Waals surface area contributed by atoms with Crippen molar-refractivity contribution in [2.24, 2.45) is 0 Å². The van der Waals surface area contributed by atoms with Gasteiger partial charge in [0.1, 0.15) is 22.6 Å². The number of hydrogen-bond donors (Lipinski definition) is 2. The molecule has 2 heterocycles. The molecule has 2 unspecified atom stereocenters. The predicted molar refractivity (Wildman–Crippen MR) is 118 cm³/mol. The van der Waals surface area contributed by atoms with Crippen molar-refractivity contribution in [3.8, 4) is 0 Å². The molecule has 2 aromatic heterocycles. The molecule has 10 heteroatoms. The summed E-state index contributed by atoms with van der Waals surface area (Å²) in [4.78, 5) is 21.8. The summed E-state index contributed by atoms with van der Waals surface area (Å²) in [6, 6.07) is 6.88. The van der Waals surface area contributed by atoms with Gasteiger partial charge >= 0.3 is 6.18 Å². The Kier molecular flexibility index (Phi) is 7.80. The largest absolute Gasteiger partial charge is 0.433 e. The fourth-order valence-electron chi connectivity index (χ4n) is 3.30. The van der Waals surface area contributed by atoms with Gasteiger partial charge in [0, 0.05) is 18.1 Å². The van der Waals surface area contributed by atoms with Crippen LogP contribution in [0.15, 0.2) is 42.6 Å². The van der Waals surface area contributed by atoms with Crippen LogP contribution in [0, 0.1) is 19.7 Å². The molecule has 0 saturated carbocycles. The lowest BCUT2D eigenvalue weighted by Crippen LogP contribution is -2.38. The Bertz CT molecular complexity index is 1060. The molecule has 1 amide bonds.